The summed E-state index contributed by atoms with van der Waals surface area (Å²) in [5.41, 5.74) is 1.80. The number of hydrogen-bond acceptors (Lipinski definition) is 5. The molecule has 2 amide bonds. The van der Waals surface area contributed by atoms with E-state index in [0.29, 0.717) is 34.5 Å². The molecule has 3 aromatic rings. The van der Waals surface area contributed by atoms with Crippen LogP contribution in [0.25, 0.3) is 0 Å². The van der Waals surface area contributed by atoms with Crippen LogP contribution in [0.2, 0.25) is 10.0 Å². The summed E-state index contributed by atoms with van der Waals surface area (Å²) < 4.78 is 34.3. The molecule has 40 heavy (non-hydrogen) atoms. The lowest BCUT2D eigenvalue weighted by Crippen LogP contribution is -2.51. The van der Waals surface area contributed by atoms with Gasteiger partial charge < -0.3 is 15.0 Å². The van der Waals surface area contributed by atoms with E-state index in [1.807, 2.05) is 13.8 Å². The minimum Gasteiger partial charge on any atom is -0.494 e. The fourth-order valence-corrected chi connectivity index (χ4v) is 5.72. The fourth-order valence-electron chi connectivity index (χ4n) is 3.98. The van der Waals surface area contributed by atoms with Gasteiger partial charge in [0.05, 0.1) is 27.2 Å². The maximum atomic E-state index is 13.9. The molecule has 1 N–H and O–H groups in total. The van der Waals surface area contributed by atoms with E-state index in [4.69, 9.17) is 27.9 Å². The molecule has 0 fully saturated rings. The summed E-state index contributed by atoms with van der Waals surface area (Å²) in [5.74, 6) is -0.379. The van der Waals surface area contributed by atoms with Crippen LogP contribution in [0.15, 0.2) is 71.6 Å². The van der Waals surface area contributed by atoms with E-state index in [2.05, 4.69) is 5.32 Å². The van der Waals surface area contributed by atoms with Gasteiger partial charge in [-0.25, -0.2) is 8.42 Å². The number of benzene rings is 3. The lowest BCUT2D eigenvalue weighted by molar-refractivity contribution is -0.139. The quantitative estimate of drug-likeness (QED) is 0.296. The van der Waals surface area contributed by atoms with Gasteiger partial charge in [0.1, 0.15) is 18.3 Å². The SMILES string of the molecule is CCNC(=O)[C@H](C)N(Cc1ccc(Cl)c(Cl)c1)C(=O)CN(c1ccc(OCC)cc1)S(=O)(=O)c1ccc(C)cc1. The molecule has 0 unspecified atom stereocenters. The highest BCUT2D eigenvalue weighted by molar-refractivity contribution is 7.92. The van der Waals surface area contributed by atoms with Gasteiger partial charge in [-0.1, -0.05) is 47.0 Å². The number of hydrogen-bond donors (Lipinski definition) is 1. The molecule has 0 saturated heterocycles. The normalized spacial score (nSPS) is 11.9. The van der Waals surface area contributed by atoms with Gasteiger partial charge in [0, 0.05) is 13.1 Å². The number of amides is 2. The van der Waals surface area contributed by atoms with Crippen LogP contribution in [0, 0.1) is 6.92 Å². The Kier molecular flexibility index (Phi) is 10.8. The van der Waals surface area contributed by atoms with Gasteiger partial charge in [-0.2, -0.15) is 0 Å². The van der Waals surface area contributed by atoms with Gasteiger partial charge >= 0.3 is 0 Å². The summed E-state index contributed by atoms with van der Waals surface area (Å²) in [6.07, 6.45) is 0. The number of nitrogens with one attached hydrogen (secondary N) is 1. The maximum absolute atomic E-state index is 13.9. The average molecular weight is 607 g/mol. The number of carbonyl (C=O) groups excluding carboxylic acids is 2. The molecule has 0 aliphatic heterocycles. The first-order valence-electron chi connectivity index (χ1n) is 12.8. The van der Waals surface area contributed by atoms with Crippen molar-refractivity contribution in [2.75, 3.05) is 24.0 Å². The molecule has 0 spiro atoms. The third-order valence-electron chi connectivity index (χ3n) is 6.18. The van der Waals surface area contributed by atoms with Crippen LogP contribution in [0.4, 0.5) is 5.69 Å². The number of aryl methyl sites for hydroxylation is 1. The van der Waals surface area contributed by atoms with Crippen molar-refractivity contribution >= 4 is 50.7 Å². The number of ether oxygens (including phenoxy) is 1. The Balaban J connectivity index is 2.04. The highest BCUT2D eigenvalue weighted by Crippen LogP contribution is 2.28. The molecule has 11 heteroatoms. The second kappa shape index (κ2) is 13.9. The van der Waals surface area contributed by atoms with Gasteiger partial charge in [-0.05, 0) is 81.8 Å². The number of rotatable bonds is 12. The van der Waals surface area contributed by atoms with E-state index in [0.717, 1.165) is 9.87 Å². The molecule has 0 heterocycles. The second-order valence-corrected chi connectivity index (χ2v) is 11.8. The third kappa shape index (κ3) is 7.68. The molecule has 0 radical (unpaired) electrons. The molecule has 0 aromatic heterocycles. The summed E-state index contributed by atoms with van der Waals surface area (Å²) in [4.78, 5) is 28.1. The highest BCUT2D eigenvalue weighted by Gasteiger charge is 2.32. The molecule has 0 aliphatic carbocycles. The zero-order chi connectivity index (χ0) is 29.4. The molecule has 0 bridgehead atoms. The van der Waals surface area contributed by atoms with Crippen molar-refractivity contribution in [2.45, 2.75) is 45.2 Å². The lowest BCUT2D eigenvalue weighted by atomic mass is 10.1. The van der Waals surface area contributed by atoms with E-state index < -0.39 is 28.5 Å². The highest BCUT2D eigenvalue weighted by atomic mass is 35.5. The monoisotopic (exact) mass is 605 g/mol. The standard InChI is InChI=1S/C29H33Cl2N3O5S/c1-5-32-29(36)21(4)33(18-22-9-16-26(30)27(31)17-22)28(35)19-34(23-10-12-24(13-11-23)39-6-2)40(37,38)25-14-7-20(3)8-15-25/h7-17,21H,5-6,18-19H2,1-4H3,(H,32,36)/t21-/m0/s1. The topological polar surface area (TPSA) is 96.0 Å². The zero-order valence-corrected chi connectivity index (χ0v) is 25.2. The van der Waals surface area contributed by atoms with Crippen molar-refractivity contribution in [3.63, 3.8) is 0 Å². The van der Waals surface area contributed by atoms with Crippen molar-refractivity contribution in [3.05, 3.63) is 87.9 Å². The Hall–Kier alpha value is -3.27. The molecular weight excluding hydrogens is 573 g/mol. The molecule has 0 aliphatic rings. The average Bonchev–Trinajstić information content (AvgIpc) is 2.93. The molecule has 8 nitrogen and oxygen atoms in total. The van der Waals surface area contributed by atoms with E-state index in [1.54, 1.807) is 68.4 Å². The van der Waals surface area contributed by atoms with Crippen LogP contribution in [0.1, 0.15) is 31.9 Å². The van der Waals surface area contributed by atoms with Crippen LogP contribution in [-0.2, 0) is 26.2 Å². The summed E-state index contributed by atoms with van der Waals surface area (Å²) in [5, 5.41) is 3.38. The number of nitrogens with zero attached hydrogens (tertiary/aromatic N) is 2. The van der Waals surface area contributed by atoms with Gasteiger partial charge in [0.2, 0.25) is 11.8 Å². The Morgan fingerprint density at radius 3 is 2.17 bits per heavy atom. The Bertz CT molecular complexity index is 1430. The lowest BCUT2D eigenvalue weighted by Gasteiger charge is -2.32. The molecule has 1 atom stereocenters. The number of anilines is 1. The van der Waals surface area contributed by atoms with Crippen LogP contribution in [0.3, 0.4) is 0 Å². The largest absolute Gasteiger partial charge is 0.494 e. The van der Waals surface area contributed by atoms with E-state index in [9.17, 15) is 18.0 Å². The summed E-state index contributed by atoms with van der Waals surface area (Å²) in [6, 6.07) is 16.9. The van der Waals surface area contributed by atoms with Crippen LogP contribution in [-0.4, -0.2) is 50.9 Å². The first-order valence-corrected chi connectivity index (χ1v) is 15.0. The predicted octanol–water partition coefficient (Wildman–Crippen LogP) is 5.45. The molecular formula is C29H33Cl2N3O5S. The number of likely N-dealkylation sites (N-methyl/N-ethyl adjacent to an activating group) is 1. The van der Waals surface area contributed by atoms with Crippen molar-refractivity contribution in [1.29, 1.82) is 0 Å². The van der Waals surface area contributed by atoms with Gasteiger partial charge in [0.25, 0.3) is 10.0 Å². The summed E-state index contributed by atoms with van der Waals surface area (Å²) >= 11 is 12.3. The summed E-state index contributed by atoms with van der Waals surface area (Å²) in [6.45, 7) is 7.36. The van der Waals surface area contributed by atoms with E-state index in [1.165, 1.54) is 17.0 Å². The van der Waals surface area contributed by atoms with Gasteiger partial charge in [-0.3, -0.25) is 13.9 Å². The fraction of sp³-hybridized carbons (Fsp3) is 0.310. The first-order chi connectivity index (χ1) is 19.0. The van der Waals surface area contributed by atoms with Crippen molar-refractivity contribution in [3.8, 4) is 5.75 Å². The van der Waals surface area contributed by atoms with Crippen LogP contribution >= 0.6 is 23.2 Å². The van der Waals surface area contributed by atoms with Crippen molar-refractivity contribution < 1.29 is 22.7 Å². The Morgan fingerprint density at radius 2 is 1.60 bits per heavy atom. The second-order valence-electron chi connectivity index (χ2n) is 9.09. The number of sulfonamides is 1. The molecule has 3 rings (SSSR count). The van der Waals surface area contributed by atoms with E-state index in [-0.39, 0.29) is 23.0 Å². The number of halogens is 2. The molecule has 3 aromatic carbocycles. The Labute approximate surface area is 245 Å². The van der Waals surface area contributed by atoms with Gasteiger partial charge in [-0.15, -0.1) is 0 Å². The summed E-state index contributed by atoms with van der Waals surface area (Å²) in [7, 11) is -4.16. The van der Waals surface area contributed by atoms with Gasteiger partial charge in [0.15, 0.2) is 0 Å². The van der Waals surface area contributed by atoms with Crippen LogP contribution < -0.4 is 14.4 Å². The van der Waals surface area contributed by atoms with E-state index >= 15 is 0 Å². The minimum atomic E-state index is -4.16. The smallest absolute Gasteiger partial charge is 0.264 e. The third-order valence-corrected chi connectivity index (χ3v) is 8.71. The minimum absolute atomic E-state index is 0.00964. The zero-order valence-electron chi connectivity index (χ0n) is 22.9. The molecule has 0 saturated carbocycles. The Morgan fingerprint density at radius 1 is 0.950 bits per heavy atom. The van der Waals surface area contributed by atoms with Crippen molar-refractivity contribution in [2.24, 2.45) is 0 Å². The predicted molar refractivity (Wildman–Crippen MR) is 158 cm³/mol. The van der Waals surface area contributed by atoms with Crippen molar-refractivity contribution in [1.82, 2.24) is 10.2 Å². The molecule has 214 valence electrons. The number of carbonyl (C=O) groups is 2. The first kappa shape index (κ1) is 31.3. The van der Waals surface area contributed by atoms with Crippen LogP contribution in [0.5, 0.6) is 5.75 Å². The maximum Gasteiger partial charge on any atom is 0.264 e.